The van der Waals surface area contributed by atoms with Crippen LogP contribution >= 0.6 is 0 Å². The lowest BCUT2D eigenvalue weighted by Gasteiger charge is -2.26. The van der Waals surface area contributed by atoms with Gasteiger partial charge in [-0.15, -0.1) is 0 Å². The van der Waals surface area contributed by atoms with Gasteiger partial charge >= 0.3 is 18.0 Å². The van der Waals surface area contributed by atoms with Crippen molar-refractivity contribution in [1.29, 1.82) is 0 Å². The Hall–Kier alpha value is -2.90. The lowest BCUT2D eigenvalue weighted by molar-refractivity contribution is -0.143. The number of carbonyl (C=O) groups excluding carboxylic acids is 3. The maximum Gasteiger partial charge on any atom is 0.338 e. The lowest BCUT2D eigenvalue weighted by Crippen LogP contribution is -2.50. The van der Waals surface area contributed by atoms with Crippen molar-refractivity contribution in [3.05, 3.63) is 46.9 Å². The Morgan fingerprint density at radius 2 is 1.88 bits per heavy atom. The number of benzene rings is 1. The molecule has 1 aliphatic heterocycles. The van der Waals surface area contributed by atoms with Gasteiger partial charge < -0.3 is 20.1 Å². The molecule has 0 aliphatic carbocycles. The summed E-state index contributed by atoms with van der Waals surface area (Å²) < 4.78 is 23.0. The second-order valence-corrected chi connectivity index (χ2v) is 5.72. The molecule has 1 aliphatic rings. The quantitative estimate of drug-likeness (QED) is 0.720. The summed E-state index contributed by atoms with van der Waals surface area (Å²) >= 11 is 0. The van der Waals surface area contributed by atoms with Crippen LogP contribution in [0.4, 0.5) is 9.18 Å². The van der Waals surface area contributed by atoms with Crippen molar-refractivity contribution in [2.75, 3.05) is 13.2 Å². The molecule has 26 heavy (non-hydrogen) atoms. The van der Waals surface area contributed by atoms with Crippen molar-refractivity contribution in [2.45, 2.75) is 32.7 Å². The molecule has 0 fully saturated rings. The predicted molar refractivity (Wildman–Crippen MR) is 90.5 cm³/mol. The van der Waals surface area contributed by atoms with Gasteiger partial charge in [-0.1, -0.05) is 12.1 Å². The fourth-order valence-electron chi connectivity index (χ4n) is 2.52. The molecule has 1 heterocycles. The minimum atomic E-state index is -0.579. The molecule has 0 unspecified atom stereocenters. The molecule has 0 saturated heterocycles. The fraction of sp³-hybridized carbons (Fsp3) is 0.389. The number of hydrogen-bond acceptors (Lipinski definition) is 5. The van der Waals surface area contributed by atoms with E-state index >= 15 is 0 Å². The Morgan fingerprint density at radius 1 is 1.19 bits per heavy atom. The zero-order valence-electron chi connectivity index (χ0n) is 14.6. The van der Waals surface area contributed by atoms with Crippen LogP contribution in [0, 0.1) is 5.82 Å². The van der Waals surface area contributed by atoms with Crippen LogP contribution in [-0.4, -0.2) is 37.2 Å². The second-order valence-electron chi connectivity index (χ2n) is 5.72. The molecule has 0 saturated carbocycles. The van der Waals surface area contributed by atoms with Crippen LogP contribution in [0.25, 0.3) is 0 Å². The van der Waals surface area contributed by atoms with Crippen LogP contribution < -0.4 is 10.6 Å². The van der Waals surface area contributed by atoms with Crippen LogP contribution in [-0.2, 0) is 25.5 Å². The Labute approximate surface area is 150 Å². The molecule has 1 aromatic rings. The number of nitrogens with one attached hydrogen (secondary N) is 2. The minimum absolute atomic E-state index is 0.0927. The van der Waals surface area contributed by atoms with Gasteiger partial charge in [-0.25, -0.2) is 14.0 Å². The third-order valence-corrected chi connectivity index (χ3v) is 3.77. The molecule has 1 aromatic carbocycles. The summed E-state index contributed by atoms with van der Waals surface area (Å²) in [6.07, 6.45) is 0.489. The first-order valence-corrected chi connectivity index (χ1v) is 8.28. The number of amides is 2. The Morgan fingerprint density at radius 3 is 2.54 bits per heavy atom. The number of ether oxygens (including phenoxy) is 2. The molecule has 0 bridgehead atoms. The van der Waals surface area contributed by atoms with Crippen molar-refractivity contribution < 1.29 is 28.2 Å². The smallest absolute Gasteiger partial charge is 0.338 e. The zero-order chi connectivity index (χ0) is 19.1. The van der Waals surface area contributed by atoms with E-state index in [4.69, 9.17) is 9.47 Å². The lowest BCUT2D eigenvalue weighted by atomic mass is 10.0. The van der Waals surface area contributed by atoms with Gasteiger partial charge in [0.15, 0.2) is 0 Å². The van der Waals surface area contributed by atoms with Gasteiger partial charge in [-0.3, -0.25) is 4.79 Å². The highest BCUT2D eigenvalue weighted by molar-refractivity contribution is 5.94. The average molecular weight is 364 g/mol. The van der Waals surface area contributed by atoms with E-state index in [1.165, 1.54) is 12.1 Å². The first kappa shape index (κ1) is 19.4. The minimum Gasteiger partial charge on any atom is -0.463 e. The largest absolute Gasteiger partial charge is 0.463 e. The topological polar surface area (TPSA) is 93.7 Å². The van der Waals surface area contributed by atoms with Gasteiger partial charge in [0.2, 0.25) is 0 Å². The van der Waals surface area contributed by atoms with Gasteiger partial charge in [0.05, 0.1) is 23.9 Å². The summed E-state index contributed by atoms with van der Waals surface area (Å²) in [5.74, 6) is -1.42. The number of aryl methyl sites for hydroxylation is 1. The van der Waals surface area contributed by atoms with Crippen molar-refractivity contribution in [1.82, 2.24) is 10.6 Å². The van der Waals surface area contributed by atoms with E-state index in [2.05, 4.69) is 10.6 Å². The predicted octanol–water partition coefficient (Wildman–Crippen LogP) is 1.82. The van der Waals surface area contributed by atoms with Crippen LogP contribution in [0.2, 0.25) is 0 Å². The molecular formula is C18H21FN2O5. The molecule has 8 heteroatoms. The second kappa shape index (κ2) is 8.98. The van der Waals surface area contributed by atoms with Crippen molar-refractivity contribution >= 4 is 18.0 Å². The average Bonchev–Trinajstić information content (AvgIpc) is 2.59. The number of urea groups is 1. The Balaban J connectivity index is 1.96. The molecule has 2 N–H and O–H groups in total. The molecule has 0 spiro atoms. The van der Waals surface area contributed by atoms with Gasteiger partial charge in [0, 0.05) is 6.42 Å². The van der Waals surface area contributed by atoms with Crippen molar-refractivity contribution in [3.8, 4) is 0 Å². The maximum absolute atomic E-state index is 12.9. The van der Waals surface area contributed by atoms with Crippen LogP contribution in [0.5, 0.6) is 0 Å². The van der Waals surface area contributed by atoms with E-state index in [1.807, 2.05) is 0 Å². The SMILES string of the molecule is CCOC(=O)C1=C(COC(=O)CCc2ccc(F)cc2)NC(=O)N[C@H]1C. The molecule has 7 nitrogen and oxygen atoms in total. The van der Waals surface area contributed by atoms with E-state index in [1.54, 1.807) is 26.0 Å². The van der Waals surface area contributed by atoms with Crippen molar-refractivity contribution in [3.63, 3.8) is 0 Å². The molecule has 140 valence electrons. The number of hydrogen-bond donors (Lipinski definition) is 2. The summed E-state index contributed by atoms with van der Waals surface area (Å²) in [5.41, 5.74) is 1.23. The number of carbonyl (C=O) groups is 3. The van der Waals surface area contributed by atoms with Crippen LogP contribution in [0.15, 0.2) is 35.5 Å². The molecule has 0 aromatic heterocycles. The van der Waals surface area contributed by atoms with Gasteiger partial charge in [-0.2, -0.15) is 0 Å². The summed E-state index contributed by atoms with van der Waals surface area (Å²) in [6, 6.07) is 4.79. The molecule has 0 radical (unpaired) electrons. The fourth-order valence-corrected chi connectivity index (χ4v) is 2.52. The first-order chi connectivity index (χ1) is 12.4. The number of rotatable bonds is 7. The van der Waals surface area contributed by atoms with Gasteiger partial charge in [-0.05, 0) is 38.0 Å². The first-order valence-electron chi connectivity index (χ1n) is 8.28. The van der Waals surface area contributed by atoms with E-state index in [-0.39, 0.29) is 36.7 Å². The zero-order valence-corrected chi connectivity index (χ0v) is 14.6. The standard InChI is InChI=1S/C18H21FN2O5/c1-3-25-17(23)16-11(2)20-18(24)21-14(16)10-26-15(22)9-6-12-4-7-13(19)8-5-12/h4-5,7-8,11H,3,6,9-10H2,1-2H3,(H2,20,21,24)/t11-/m0/s1. The summed E-state index contributed by atoms with van der Waals surface area (Å²) in [5, 5.41) is 5.04. The van der Waals surface area contributed by atoms with Gasteiger partial charge in [0.1, 0.15) is 12.4 Å². The van der Waals surface area contributed by atoms with E-state index in [0.717, 1.165) is 5.56 Å². The third kappa shape index (κ3) is 5.30. The Kier molecular flexibility index (Phi) is 6.71. The summed E-state index contributed by atoms with van der Waals surface area (Å²) in [4.78, 5) is 35.6. The van der Waals surface area contributed by atoms with E-state index < -0.39 is 24.0 Å². The van der Waals surface area contributed by atoms with Gasteiger partial charge in [0.25, 0.3) is 0 Å². The molecule has 2 rings (SSSR count). The highest BCUT2D eigenvalue weighted by Crippen LogP contribution is 2.15. The molecule has 2 amide bonds. The number of esters is 2. The summed E-state index contributed by atoms with van der Waals surface area (Å²) in [7, 11) is 0. The highest BCUT2D eigenvalue weighted by Gasteiger charge is 2.30. The van der Waals surface area contributed by atoms with Crippen LogP contribution in [0.3, 0.4) is 0 Å². The van der Waals surface area contributed by atoms with E-state index in [0.29, 0.717) is 6.42 Å². The summed E-state index contributed by atoms with van der Waals surface area (Å²) in [6.45, 7) is 3.26. The maximum atomic E-state index is 12.9. The van der Waals surface area contributed by atoms with E-state index in [9.17, 15) is 18.8 Å². The third-order valence-electron chi connectivity index (χ3n) is 3.77. The normalized spacial score (nSPS) is 16.6. The van der Waals surface area contributed by atoms with Crippen molar-refractivity contribution in [2.24, 2.45) is 0 Å². The van der Waals surface area contributed by atoms with Crippen LogP contribution in [0.1, 0.15) is 25.8 Å². The Bertz CT molecular complexity index is 715. The molecular weight excluding hydrogens is 343 g/mol. The monoisotopic (exact) mass is 364 g/mol. The number of halogens is 1. The highest BCUT2D eigenvalue weighted by atomic mass is 19.1. The molecule has 1 atom stereocenters.